The number of pyridine rings is 2. The number of halogens is 3. The van der Waals surface area contributed by atoms with Crippen LogP contribution in [0.5, 0.6) is 0 Å². The van der Waals surface area contributed by atoms with Crippen LogP contribution in [0.4, 0.5) is 18.9 Å². The number of benzene rings is 2. The number of thiophene rings is 1. The Balaban J connectivity index is 1.32. The van der Waals surface area contributed by atoms with Crippen LogP contribution in [0.2, 0.25) is 0 Å². The number of aromatic amines is 1. The quantitative estimate of drug-likeness (QED) is 0.153. The molecular formula is C29H17F3N4OS2. The van der Waals surface area contributed by atoms with Crippen molar-refractivity contribution in [2.24, 2.45) is 0 Å². The molecule has 0 radical (unpaired) electrons. The number of nitrogens with zero attached hydrogens (tertiary/aromatic N) is 2. The van der Waals surface area contributed by atoms with E-state index in [-0.39, 0.29) is 11.3 Å². The molecular weight excluding hydrogens is 541 g/mol. The molecule has 39 heavy (non-hydrogen) atoms. The maximum atomic E-state index is 15.4. The lowest BCUT2D eigenvalue weighted by atomic mass is 10.0. The molecule has 0 atom stereocenters. The molecule has 0 aliphatic carbocycles. The van der Waals surface area contributed by atoms with Crippen molar-refractivity contribution in [3.63, 3.8) is 0 Å². The molecule has 0 saturated carbocycles. The van der Waals surface area contributed by atoms with Gasteiger partial charge in [0.15, 0.2) is 5.82 Å². The van der Waals surface area contributed by atoms with Gasteiger partial charge in [0.1, 0.15) is 17.3 Å². The summed E-state index contributed by atoms with van der Waals surface area (Å²) >= 11 is 2.49. The number of H-pyrrole nitrogens is 1. The van der Waals surface area contributed by atoms with Gasteiger partial charge in [0.05, 0.1) is 11.3 Å². The van der Waals surface area contributed by atoms with Gasteiger partial charge >= 0.3 is 0 Å². The van der Waals surface area contributed by atoms with Crippen molar-refractivity contribution in [2.45, 2.75) is 4.90 Å². The van der Waals surface area contributed by atoms with E-state index >= 15 is 4.39 Å². The zero-order valence-corrected chi connectivity index (χ0v) is 21.5. The largest absolute Gasteiger partial charge is 0.345 e. The van der Waals surface area contributed by atoms with Crippen molar-refractivity contribution >= 4 is 45.8 Å². The monoisotopic (exact) mass is 558 g/mol. The Morgan fingerprint density at radius 2 is 1.77 bits per heavy atom. The van der Waals surface area contributed by atoms with Gasteiger partial charge in [-0.25, -0.2) is 18.2 Å². The van der Waals surface area contributed by atoms with Gasteiger partial charge in [-0.3, -0.25) is 9.78 Å². The Morgan fingerprint density at radius 3 is 2.56 bits per heavy atom. The van der Waals surface area contributed by atoms with Gasteiger partial charge < -0.3 is 9.71 Å². The van der Waals surface area contributed by atoms with Gasteiger partial charge in [0.2, 0.25) is 5.78 Å². The van der Waals surface area contributed by atoms with Gasteiger partial charge in [0, 0.05) is 61.5 Å². The Bertz CT molecular complexity index is 1840. The molecule has 0 fully saturated rings. The van der Waals surface area contributed by atoms with Crippen molar-refractivity contribution in [2.75, 3.05) is 4.72 Å². The minimum Gasteiger partial charge on any atom is -0.345 e. The summed E-state index contributed by atoms with van der Waals surface area (Å²) in [6.45, 7) is 0. The molecule has 10 heteroatoms. The summed E-state index contributed by atoms with van der Waals surface area (Å²) in [5.41, 5.74) is 1.46. The number of fused-ring (bicyclic) bond motifs is 1. The Morgan fingerprint density at radius 1 is 0.923 bits per heavy atom. The van der Waals surface area contributed by atoms with Crippen LogP contribution in [0.15, 0.2) is 96.4 Å². The van der Waals surface area contributed by atoms with Crippen LogP contribution in [0.25, 0.3) is 31.9 Å². The first kappa shape index (κ1) is 24.9. The van der Waals surface area contributed by atoms with Gasteiger partial charge in [-0.1, -0.05) is 12.1 Å². The van der Waals surface area contributed by atoms with Crippen molar-refractivity contribution in [3.8, 4) is 20.9 Å². The van der Waals surface area contributed by atoms with Crippen LogP contribution < -0.4 is 4.72 Å². The van der Waals surface area contributed by atoms with Crippen LogP contribution in [0.3, 0.4) is 0 Å². The van der Waals surface area contributed by atoms with Crippen LogP contribution in [0.1, 0.15) is 15.9 Å². The van der Waals surface area contributed by atoms with Gasteiger partial charge in [-0.2, -0.15) is 0 Å². The van der Waals surface area contributed by atoms with E-state index in [4.69, 9.17) is 0 Å². The highest BCUT2D eigenvalue weighted by atomic mass is 32.2. The third-order valence-electron chi connectivity index (χ3n) is 6.01. The van der Waals surface area contributed by atoms with Crippen LogP contribution >= 0.6 is 23.3 Å². The molecule has 0 aliphatic heterocycles. The van der Waals surface area contributed by atoms with Crippen LogP contribution in [-0.2, 0) is 0 Å². The fourth-order valence-corrected chi connectivity index (χ4v) is 5.78. The van der Waals surface area contributed by atoms with Crippen molar-refractivity contribution in [1.29, 1.82) is 0 Å². The second kappa shape index (κ2) is 10.4. The lowest BCUT2D eigenvalue weighted by molar-refractivity contribution is 0.103. The molecule has 0 aliphatic rings. The summed E-state index contributed by atoms with van der Waals surface area (Å²) in [5, 5.41) is 0.445. The molecule has 2 N–H and O–H groups in total. The highest BCUT2D eigenvalue weighted by Gasteiger charge is 2.25. The van der Waals surface area contributed by atoms with E-state index in [2.05, 4.69) is 19.7 Å². The Kier molecular flexibility index (Phi) is 6.64. The third kappa shape index (κ3) is 4.91. The smallest absolute Gasteiger partial charge is 0.201 e. The number of carbonyl (C=O) groups excluding carboxylic acids is 1. The second-order valence-corrected chi connectivity index (χ2v) is 10.5. The maximum absolute atomic E-state index is 15.4. The summed E-state index contributed by atoms with van der Waals surface area (Å²) in [6, 6.07) is 17.5. The van der Waals surface area contributed by atoms with Crippen molar-refractivity contribution in [1.82, 2.24) is 15.0 Å². The fraction of sp³-hybridized carbons (Fsp3) is 0. The average molecular weight is 559 g/mol. The molecule has 0 bridgehead atoms. The number of hydrogen-bond acceptors (Lipinski definition) is 6. The maximum Gasteiger partial charge on any atom is 0.201 e. The normalized spacial score (nSPS) is 11.2. The van der Waals surface area contributed by atoms with Crippen molar-refractivity contribution < 1.29 is 18.0 Å². The first-order valence-corrected chi connectivity index (χ1v) is 13.3. The lowest BCUT2D eigenvalue weighted by Crippen LogP contribution is -2.09. The Labute approximate surface area is 228 Å². The lowest BCUT2D eigenvalue weighted by Gasteiger charge is -2.11. The summed E-state index contributed by atoms with van der Waals surface area (Å²) in [7, 11) is 0. The zero-order chi connectivity index (χ0) is 26.9. The van der Waals surface area contributed by atoms with Crippen molar-refractivity contribution in [3.05, 3.63) is 120 Å². The minimum atomic E-state index is -1.04. The molecule has 6 rings (SSSR count). The number of rotatable bonds is 7. The summed E-state index contributed by atoms with van der Waals surface area (Å²) in [4.78, 5) is 27.4. The van der Waals surface area contributed by atoms with E-state index in [0.29, 0.717) is 15.9 Å². The Hall–Kier alpha value is -4.41. The molecule has 5 nitrogen and oxygen atoms in total. The molecule has 4 heterocycles. The van der Waals surface area contributed by atoms with E-state index < -0.39 is 28.8 Å². The predicted molar refractivity (Wildman–Crippen MR) is 148 cm³/mol. The third-order valence-corrected chi connectivity index (χ3v) is 8.00. The number of ketones is 1. The summed E-state index contributed by atoms with van der Waals surface area (Å²) in [6.07, 6.45) is 6.57. The zero-order valence-electron chi connectivity index (χ0n) is 19.9. The van der Waals surface area contributed by atoms with E-state index in [1.165, 1.54) is 30.5 Å². The number of hydrogen-bond donors (Lipinski definition) is 2. The standard InChI is InChI=1S/C29H17F3N4OS2/c30-18-4-1-5-19(12-18)39-36-23-7-6-22(31)26(27(23)32)28(37)21-15-35-29-20(21)11-17(14-34-29)25-9-8-24(38-25)16-3-2-10-33-13-16/h1-15,36H,(H,34,35). The SMILES string of the molecule is O=C(c1c(F)ccc(NSc2cccc(F)c2)c1F)c1c[nH]c2ncc(-c3ccc(-c4cccnc4)s3)cc12. The van der Waals surface area contributed by atoms with E-state index in [1.54, 1.807) is 42.1 Å². The number of carbonyl (C=O) groups is 1. The van der Waals surface area contributed by atoms with Gasteiger partial charge in [-0.05, 0) is 66.5 Å². The highest BCUT2D eigenvalue weighted by Crippen LogP contribution is 2.36. The topological polar surface area (TPSA) is 70.7 Å². The predicted octanol–water partition coefficient (Wildman–Crippen LogP) is 8.12. The summed E-state index contributed by atoms with van der Waals surface area (Å²) in [5.74, 6) is -3.30. The first-order chi connectivity index (χ1) is 19.0. The van der Waals surface area contributed by atoms with Crippen LogP contribution in [-0.4, -0.2) is 20.7 Å². The van der Waals surface area contributed by atoms with E-state index in [9.17, 15) is 13.6 Å². The second-order valence-electron chi connectivity index (χ2n) is 8.50. The molecule has 0 unspecified atom stereocenters. The van der Waals surface area contributed by atoms with E-state index in [1.807, 2.05) is 24.3 Å². The number of nitrogens with one attached hydrogen (secondary N) is 2. The molecule has 0 saturated heterocycles. The highest BCUT2D eigenvalue weighted by molar-refractivity contribution is 8.00. The average Bonchev–Trinajstić information content (AvgIpc) is 3.61. The molecule has 0 amide bonds. The molecule has 0 spiro atoms. The van der Waals surface area contributed by atoms with Gasteiger partial charge in [-0.15, -0.1) is 11.3 Å². The molecule has 4 aromatic heterocycles. The first-order valence-electron chi connectivity index (χ1n) is 11.7. The van der Waals surface area contributed by atoms with Gasteiger partial charge in [0.25, 0.3) is 0 Å². The molecule has 6 aromatic rings. The van der Waals surface area contributed by atoms with E-state index in [0.717, 1.165) is 38.9 Å². The fourth-order valence-electron chi connectivity index (χ4n) is 4.10. The minimum absolute atomic E-state index is 0.0936. The molecule has 192 valence electrons. The van der Waals surface area contributed by atoms with Crippen LogP contribution in [0, 0.1) is 17.5 Å². The molecule has 2 aromatic carbocycles. The number of aromatic nitrogens is 3. The number of anilines is 1. The summed E-state index contributed by atoms with van der Waals surface area (Å²) < 4.78 is 46.5.